The molecule has 0 amide bonds. The lowest BCUT2D eigenvalue weighted by molar-refractivity contribution is -0.385. The normalized spacial score (nSPS) is 12.5. The maximum absolute atomic E-state index is 12.6. The molecule has 0 spiro atoms. The monoisotopic (exact) mass is 265 g/mol. The summed E-state index contributed by atoms with van der Waals surface area (Å²) in [6.07, 6.45) is 0. The van der Waals surface area contributed by atoms with E-state index in [-0.39, 0.29) is 17.0 Å². The van der Waals surface area contributed by atoms with Gasteiger partial charge in [0, 0.05) is 22.6 Å². The molecule has 0 atom stereocenters. The van der Waals surface area contributed by atoms with Gasteiger partial charge in [0.15, 0.2) is 0 Å². The number of carbonyl (C=O) groups excluding carboxylic acids is 1. The molecule has 0 bridgehead atoms. The van der Waals surface area contributed by atoms with Crippen molar-refractivity contribution in [3.8, 4) is 11.3 Å². The average molecular weight is 265 g/mol. The van der Waals surface area contributed by atoms with Crippen LogP contribution in [0.2, 0.25) is 0 Å². The molecule has 1 aromatic heterocycles. The fraction of sp³-hybridized carbons (Fsp3) is 0. The van der Waals surface area contributed by atoms with Gasteiger partial charge in [-0.2, -0.15) is 5.10 Å². The summed E-state index contributed by atoms with van der Waals surface area (Å²) in [6.45, 7) is 0. The van der Waals surface area contributed by atoms with Crippen LogP contribution in [0.5, 0.6) is 0 Å². The van der Waals surface area contributed by atoms with Crippen molar-refractivity contribution in [2.45, 2.75) is 0 Å². The van der Waals surface area contributed by atoms with Crippen LogP contribution in [0.4, 0.5) is 5.69 Å². The molecule has 0 unspecified atom stereocenters. The SMILES string of the molecule is O=C1c2ccccc2-c2n[nH]c3ccc([N+](=O)[O-])c1c23. The van der Waals surface area contributed by atoms with Gasteiger partial charge in [0.25, 0.3) is 5.69 Å². The van der Waals surface area contributed by atoms with E-state index in [9.17, 15) is 14.9 Å². The van der Waals surface area contributed by atoms with Crippen LogP contribution in [0.3, 0.4) is 0 Å². The van der Waals surface area contributed by atoms with E-state index in [1.54, 1.807) is 24.3 Å². The minimum absolute atomic E-state index is 0.120. The third-order valence-electron chi connectivity index (χ3n) is 3.56. The van der Waals surface area contributed by atoms with Crippen LogP contribution >= 0.6 is 0 Å². The van der Waals surface area contributed by atoms with Crippen LogP contribution < -0.4 is 0 Å². The van der Waals surface area contributed by atoms with Gasteiger partial charge in [0.05, 0.1) is 10.4 Å². The molecule has 0 saturated carbocycles. The Morgan fingerprint density at radius 3 is 2.60 bits per heavy atom. The molecular weight excluding hydrogens is 258 g/mol. The Kier molecular flexibility index (Phi) is 1.90. The summed E-state index contributed by atoms with van der Waals surface area (Å²) in [4.78, 5) is 23.2. The molecular formula is C14H7N3O3. The van der Waals surface area contributed by atoms with Gasteiger partial charge in [0.1, 0.15) is 11.3 Å². The number of nitrogens with zero attached hydrogens (tertiary/aromatic N) is 2. The van der Waals surface area contributed by atoms with E-state index >= 15 is 0 Å². The summed E-state index contributed by atoms with van der Waals surface area (Å²) in [6, 6.07) is 9.93. The summed E-state index contributed by atoms with van der Waals surface area (Å²) in [7, 11) is 0. The standard InChI is InChI=1S/C14H7N3O3/c18-14-8-4-2-1-3-7(8)13-11-9(15-16-13)5-6-10(12(11)14)17(19)20/h1-6H,(H,15,16). The maximum atomic E-state index is 12.6. The van der Waals surface area contributed by atoms with Gasteiger partial charge in [-0.15, -0.1) is 0 Å². The highest BCUT2D eigenvalue weighted by molar-refractivity contribution is 6.26. The molecule has 0 radical (unpaired) electrons. The average Bonchev–Trinajstić information content (AvgIpc) is 2.89. The van der Waals surface area contributed by atoms with Gasteiger partial charge in [-0.3, -0.25) is 20.0 Å². The van der Waals surface area contributed by atoms with Crippen molar-refractivity contribution in [3.63, 3.8) is 0 Å². The zero-order chi connectivity index (χ0) is 13.9. The van der Waals surface area contributed by atoms with E-state index in [1.165, 1.54) is 6.07 Å². The molecule has 1 N–H and O–H groups in total. The number of aromatic amines is 1. The zero-order valence-electron chi connectivity index (χ0n) is 10.1. The Bertz CT molecular complexity index is 911. The molecule has 0 fully saturated rings. The summed E-state index contributed by atoms with van der Waals surface area (Å²) in [5, 5.41) is 18.7. The van der Waals surface area contributed by atoms with Crippen LogP contribution in [0, 0.1) is 10.1 Å². The van der Waals surface area contributed by atoms with Gasteiger partial charge in [0.2, 0.25) is 5.78 Å². The fourth-order valence-corrected chi connectivity index (χ4v) is 2.70. The highest BCUT2D eigenvalue weighted by atomic mass is 16.6. The number of rotatable bonds is 1. The molecule has 6 heteroatoms. The number of fused-ring (bicyclic) bond motifs is 2. The second-order valence-corrected chi connectivity index (χ2v) is 4.59. The number of aromatic nitrogens is 2. The van der Waals surface area contributed by atoms with Gasteiger partial charge < -0.3 is 0 Å². The molecule has 20 heavy (non-hydrogen) atoms. The predicted molar refractivity (Wildman–Crippen MR) is 71.6 cm³/mol. The van der Waals surface area contributed by atoms with E-state index in [0.717, 1.165) is 0 Å². The third kappa shape index (κ3) is 1.17. The molecule has 3 aromatic rings. The quantitative estimate of drug-likeness (QED) is 0.423. The summed E-state index contributed by atoms with van der Waals surface area (Å²) in [5.41, 5.74) is 2.31. The highest BCUT2D eigenvalue weighted by Crippen LogP contribution is 2.41. The lowest BCUT2D eigenvalue weighted by Crippen LogP contribution is -2.11. The van der Waals surface area contributed by atoms with Gasteiger partial charge >= 0.3 is 0 Å². The maximum Gasteiger partial charge on any atom is 0.281 e. The molecule has 96 valence electrons. The van der Waals surface area contributed by atoms with E-state index < -0.39 is 4.92 Å². The first-order valence-electron chi connectivity index (χ1n) is 5.98. The number of hydrogen-bond acceptors (Lipinski definition) is 4. The molecule has 0 aliphatic heterocycles. The molecule has 4 rings (SSSR count). The minimum atomic E-state index is -0.530. The first-order chi connectivity index (χ1) is 9.68. The number of ketones is 1. The van der Waals surface area contributed by atoms with Crippen molar-refractivity contribution in [1.29, 1.82) is 0 Å². The minimum Gasteiger partial charge on any atom is -0.288 e. The van der Waals surface area contributed by atoms with E-state index in [4.69, 9.17) is 0 Å². The first kappa shape index (κ1) is 10.9. The molecule has 6 nitrogen and oxygen atoms in total. The lowest BCUT2D eigenvalue weighted by Gasteiger charge is -2.14. The Morgan fingerprint density at radius 2 is 1.85 bits per heavy atom. The van der Waals surface area contributed by atoms with E-state index in [1.807, 2.05) is 6.07 Å². The number of nitrogens with one attached hydrogen (secondary N) is 1. The van der Waals surface area contributed by atoms with Gasteiger partial charge in [-0.25, -0.2) is 0 Å². The van der Waals surface area contributed by atoms with Crippen molar-refractivity contribution in [1.82, 2.24) is 10.2 Å². The number of carbonyl (C=O) groups is 1. The Morgan fingerprint density at radius 1 is 1.10 bits per heavy atom. The van der Waals surface area contributed by atoms with Crippen molar-refractivity contribution < 1.29 is 9.72 Å². The third-order valence-corrected chi connectivity index (χ3v) is 3.56. The molecule has 1 aliphatic carbocycles. The van der Waals surface area contributed by atoms with Crippen molar-refractivity contribution in [2.75, 3.05) is 0 Å². The van der Waals surface area contributed by atoms with Crippen molar-refractivity contribution in [3.05, 3.63) is 57.6 Å². The van der Waals surface area contributed by atoms with Crippen LogP contribution in [0.15, 0.2) is 36.4 Å². The Labute approximate surface area is 112 Å². The summed E-state index contributed by atoms with van der Waals surface area (Å²) in [5.74, 6) is -0.327. The number of benzene rings is 2. The van der Waals surface area contributed by atoms with Gasteiger partial charge in [-0.05, 0) is 6.07 Å². The Hall–Kier alpha value is -3.02. The first-order valence-corrected chi connectivity index (χ1v) is 5.98. The lowest BCUT2D eigenvalue weighted by atomic mass is 9.86. The summed E-state index contributed by atoms with van der Waals surface area (Å²) >= 11 is 0. The number of nitro benzene ring substituents is 1. The van der Waals surface area contributed by atoms with Crippen molar-refractivity contribution >= 4 is 22.4 Å². The second-order valence-electron chi connectivity index (χ2n) is 4.59. The topological polar surface area (TPSA) is 88.9 Å². The largest absolute Gasteiger partial charge is 0.288 e. The predicted octanol–water partition coefficient (Wildman–Crippen LogP) is 2.68. The van der Waals surface area contributed by atoms with Crippen LogP contribution in [-0.4, -0.2) is 20.9 Å². The smallest absolute Gasteiger partial charge is 0.281 e. The molecule has 1 aliphatic rings. The highest BCUT2D eigenvalue weighted by Gasteiger charge is 2.33. The molecule has 2 aromatic carbocycles. The zero-order valence-corrected chi connectivity index (χ0v) is 10.1. The van der Waals surface area contributed by atoms with E-state index in [2.05, 4.69) is 10.2 Å². The number of nitro groups is 1. The fourth-order valence-electron chi connectivity index (χ4n) is 2.70. The number of hydrogen-bond donors (Lipinski definition) is 1. The van der Waals surface area contributed by atoms with Crippen LogP contribution in [-0.2, 0) is 0 Å². The van der Waals surface area contributed by atoms with Crippen LogP contribution in [0.25, 0.3) is 22.2 Å². The summed E-state index contributed by atoms with van der Waals surface area (Å²) < 4.78 is 0. The van der Waals surface area contributed by atoms with Gasteiger partial charge in [-0.1, -0.05) is 24.3 Å². The van der Waals surface area contributed by atoms with E-state index in [0.29, 0.717) is 27.7 Å². The molecule has 1 heterocycles. The molecule has 0 saturated heterocycles. The number of H-pyrrole nitrogens is 1. The van der Waals surface area contributed by atoms with Crippen molar-refractivity contribution in [2.24, 2.45) is 0 Å². The Balaban J connectivity index is 2.24. The van der Waals surface area contributed by atoms with Crippen LogP contribution in [0.1, 0.15) is 15.9 Å². The second kappa shape index (κ2) is 3.51.